The first-order valence-corrected chi connectivity index (χ1v) is 11.6. The van der Waals surface area contributed by atoms with Crippen LogP contribution in [-0.2, 0) is 21.4 Å². The number of ether oxygens (including phenoxy) is 1. The minimum atomic E-state index is -0.474. The Labute approximate surface area is 194 Å². The summed E-state index contributed by atoms with van der Waals surface area (Å²) in [7, 11) is 0. The minimum Gasteiger partial charge on any atom is -0.488 e. The van der Waals surface area contributed by atoms with Crippen LogP contribution in [0.15, 0.2) is 43.0 Å². The number of hydrogen-bond acceptors (Lipinski definition) is 4. The van der Waals surface area contributed by atoms with Crippen LogP contribution in [0.1, 0.15) is 50.3 Å². The van der Waals surface area contributed by atoms with Crippen LogP contribution in [0.4, 0.5) is 11.4 Å². The van der Waals surface area contributed by atoms with Gasteiger partial charge >= 0.3 is 0 Å². The number of hydrogen-bond donors (Lipinski definition) is 3. The molecule has 2 heterocycles. The van der Waals surface area contributed by atoms with E-state index in [4.69, 9.17) is 4.74 Å². The summed E-state index contributed by atoms with van der Waals surface area (Å²) in [6.07, 6.45) is 2.54. The van der Waals surface area contributed by atoms with Gasteiger partial charge in [0, 0.05) is 41.9 Å². The summed E-state index contributed by atoms with van der Waals surface area (Å²) in [5.41, 5.74) is 5.53. The van der Waals surface area contributed by atoms with Gasteiger partial charge in [0.2, 0.25) is 11.8 Å². The second-order valence-corrected chi connectivity index (χ2v) is 10.3. The third kappa shape index (κ3) is 3.88. The normalized spacial score (nSPS) is 19.7. The van der Waals surface area contributed by atoms with Gasteiger partial charge in [0.1, 0.15) is 12.4 Å². The molecule has 1 fully saturated rings. The van der Waals surface area contributed by atoms with Gasteiger partial charge < -0.3 is 20.7 Å². The number of carbonyl (C=O) groups is 2. The number of carbonyl (C=O) groups excluding carboxylic acids is 2. The molecule has 3 aliphatic rings. The molecule has 1 aliphatic carbocycles. The summed E-state index contributed by atoms with van der Waals surface area (Å²) in [6.45, 7) is 11.1. The van der Waals surface area contributed by atoms with E-state index in [9.17, 15) is 9.59 Å². The van der Waals surface area contributed by atoms with E-state index in [1.54, 1.807) is 6.92 Å². The zero-order chi connectivity index (χ0) is 23.4. The van der Waals surface area contributed by atoms with Crippen LogP contribution in [-0.4, -0.2) is 31.0 Å². The van der Waals surface area contributed by atoms with Gasteiger partial charge in [-0.05, 0) is 66.3 Å². The van der Waals surface area contributed by atoms with Crippen molar-refractivity contribution in [2.45, 2.75) is 51.5 Å². The van der Waals surface area contributed by atoms with Gasteiger partial charge in [-0.3, -0.25) is 9.59 Å². The molecule has 2 aromatic rings. The number of anilines is 2. The molecule has 0 aromatic heterocycles. The first-order chi connectivity index (χ1) is 15.7. The minimum absolute atomic E-state index is 0.0159. The second-order valence-electron chi connectivity index (χ2n) is 10.3. The van der Waals surface area contributed by atoms with Crippen molar-refractivity contribution in [2.75, 3.05) is 23.8 Å². The first kappa shape index (κ1) is 21.6. The lowest BCUT2D eigenvalue weighted by Gasteiger charge is -2.32. The average Bonchev–Trinajstić information content (AvgIpc) is 3.35. The number of amides is 2. The number of benzene rings is 2. The Morgan fingerprint density at radius 3 is 2.73 bits per heavy atom. The smallest absolute Gasteiger partial charge is 0.235 e. The average molecular weight is 446 g/mol. The van der Waals surface area contributed by atoms with E-state index in [1.807, 2.05) is 24.3 Å². The van der Waals surface area contributed by atoms with Crippen molar-refractivity contribution in [1.29, 1.82) is 0 Å². The molecule has 0 spiro atoms. The SMILES string of the molecule is C=C1COc2ccc(C3(C(=O)Nc4ccc5c(c4)CC(C(C)(C)CNC(C)=O)N5)CC3)cc21. The molecule has 33 heavy (non-hydrogen) atoms. The molecule has 6 nitrogen and oxygen atoms in total. The lowest BCUT2D eigenvalue weighted by molar-refractivity contribution is -0.119. The summed E-state index contributed by atoms with van der Waals surface area (Å²) >= 11 is 0. The van der Waals surface area contributed by atoms with Gasteiger partial charge in [0.15, 0.2) is 0 Å². The van der Waals surface area contributed by atoms with Crippen molar-refractivity contribution in [1.82, 2.24) is 5.32 Å². The van der Waals surface area contributed by atoms with E-state index in [2.05, 4.69) is 48.5 Å². The lowest BCUT2D eigenvalue weighted by Crippen LogP contribution is -2.43. The highest BCUT2D eigenvalue weighted by molar-refractivity contribution is 6.02. The third-order valence-electron chi connectivity index (χ3n) is 7.35. The lowest BCUT2D eigenvalue weighted by atomic mass is 9.82. The fourth-order valence-electron chi connectivity index (χ4n) is 4.88. The van der Waals surface area contributed by atoms with Crippen molar-refractivity contribution in [3.8, 4) is 5.75 Å². The van der Waals surface area contributed by atoms with E-state index in [-0.39, 0.29) is 23.3 Å². The van der Waals surface area contributed by atoms with Crippen LogP contribution < -0.4 is 20.7 Å². The summed E-state index contributed by atoms with van der Waals surface area (Å²) in [5, 5.41) is 9.69. The molecule has 0 bridgehead atoms. The maximum absolute atomic E-state index is 13.3. The molecule has 1 saturated carbocycles. The van der Waals surface area contributed by atoms with Gasteiger partial charge in [-0.25, -0.2) is 0 Å². The van der Waals surface area contributed by atoms with E-state index >= 15 is 0 Å². The molecule has 2 amide bonds. The van der Waals surface area contributed by atoms with Crippen molar-refractivity contribution in [3.63, 3.8) is 0 Å². The quantitative estimate of drug-likeness (QED) is 0.621. The van der Waals surface area contributed by atoms with Crippen LogP contribution in [0.5, 0.6) is 5.75 Å². The Balaban J connectivity index is 1.29. The summed E-state index contributed by atoms with van der Waals surface area (Å²) in [6, 6.07) is 12.3. The van der Waals surface area contributed by atoms with E-state index in [0.29, 0.717) is 13.2 Å². The van der Waals surface area contributed by atoms with Crippen molar-refractivity contribution in [2.24, 2.45) is 5.41 Å². The fourth-order valence-corrected chi connectivity index (χ4v) is 4.88. The fraction of sp³-hybridized carbons (Fsp3) is 0.407. The maximum atomic E-state index is 13.3. The highest BCUT2D eigenvalue weighted by atomic mass is 16.5. The summed E-state index contributed by atoms with van der Waals surface area (Å²) < 4.78 is 5.63. The summed E-state index contributed by atoms with van der Waals surface area (Å²) in [4.78, 5) is 24.7. The molecule has 5 rings (SSSR count). The van der Waals surface area contributed by atoms with Gasteiger partial charge in [0.05, 0.1) is 5.41 Å². The molecular formula is C27H31N3O3. The Bertz CT molecular complexity index is 1160. The first-order valence-electron chi connectivity index (χ1n) is 11.6. The molecule has 6 heteroatoms. The standard InChI is InChI=1S/C27H31N3O3/c1-16-14-33-23-8-5-19(13-21(16)23)27(9-10-27)25(32)29-20-6-7-22-18(11-20)12-24(30-22)26(3,4)15-28-17(2)31/h5-8,11,13,24,30H,1,9-10,12,14-15H2,2-4H3,(H,28,31)(H,29,32). The van der Waals surface area contributed by atoms with Crippen LogP contribution in [0.2, 0.25) is 0 Å². The Morgan fingerprint density at radius 1 is 1.21 bits per heavy atom. The molecular weight excluding hydrogens is 414 g/mol. The molecule has 3 N–H and O–H groups in total. The van der Waals surface area contributed by atoms with Gasteiger partial charge in [-0.1, -0.05) is 26.5 Å². The highest BCUT2D eigenvalue weighted by Crippen LogP contribution is 2.51. The Morgan fingerprint density at radius 2 is 2.00 bits per heavy atom. The summed E-state index contributed by atoms with van der Waals surface area (Å²) in [5.74, 6) is 0.875. The van der Waals surface area contributed by atoms with Crippen LogP contribution in [0, 0.1) is 5.41 Å². The zero-order valence-electron chi connectivity index (χ0n) is 19.5. The molecule has 1 unspecified atom stereocenters. The van der Waals surface area contributed by atoms with Crippen LogP contribution in [0.25, 0.3) is 5.57 Å². The monoisotopic (exact) mass is 445 g/mol. The molecule has 172 valence electrons. The van der Waals surface area contributed by atoms with Gasteiger partial charge in [-0.15, -0.1) is 0 Å². The zero-order valence-corrected chi connectivity index (χ0v) is 19.5. The van der Waals surface area contributed by atoms with Gasteiger partial charge in [-0.2, -0.15) is 0 Å². The van der Waals surface area contributed by atoms with E-state index in [1.165, 1.54) is 5.56 Å². The highest BCUT2D eigenvalue weighted by Gasteiger charge is 2.51. The second kappa shape index (κ2) is 7.65. The van der Waals surface area contributed by atoms with Crippen LogP contribution in [0.3, 0.4) is 0 Å². The number of nitrogens with one attached hydrogen (secondary N) is 3. The van der Waals surface area contributed by atoms with E-state index < -0.39 is 5.41 Å². The Hall–Kier alpha value is -3.28. The predicted octanol–water partition coefficient (Wildman–Crippen LogP) is 4.26. The number of rotatable bonds is 6. The van der Waals surface area contributed by atoms with Crippen molar-refractivity contribution >= 4 is 28.8 Å². The number of fused-ring (bicyclic) bond motifs is 2. The predicted molar refractivity (Wildman–Crippen MR) is 131 cm³/mol. The molecule has 0 radical (unpaired) electrons. The molecule has 0 saturated heterocycles. The van der Waals surface area contributed by atoms with Crippen LogP contribution >= 0.6 is 0 Å². The molecule has 2 aromatic carbocycles. The molecule has 2 aliphatic heterocycles. The largest absolute Gasteiger partial charge is 0.488 e. The van der Waals surface area contributed by atoms with E-state index in [0.717, 1.165) is 53.1 Å². The van der Waals surface area contributed by atoms with Crippen molar-refractivity contribution in [3.05, 3.63) is 59.7 Å². The van der Waals surface area contributed by atoms with Crippen molar-refractivity contribution < 1.29 is 14.3 Å². The maximum Gasteiger partial charge on any atom is 0.235 e. The topological polar surface area (TPSA) is 79.5 Å². The van der Waals surface area contributed by atoms with Gasteiger partial charge in [0.25, 0.3) is 0 Å². The third-order valence-corrected chi connectivity index (χ3v) is 7.35. The molecule has 1 atom stereocenters. The Kier molecular flexibility index (Phi) is 5.00.